The van der Waals surface area contributed by atoms with Crippen LogP contribution in [-0.2, 0) is 6.54 Å². The van der Waals surface area contributed by atoms with E-state index in [9.17, 15) is 0 Å². The summed E-state index contributed by atoms with van der Waals surface area (Å²) in [5, 5.41) is 8.93. The van der Waals surface area contributed by atoms with Crippen LogP contribution < -0.4 is 9.47 Å². The molecule has 4 heteroatoms. The predicted molar refractivity (Wildman–Crippen MR) is 82.9 cm³/mol. The third kappa shape index (κ3) is 4.77. The van der Waals surface area contributed by atoms with Crippen LogP contribution in [0.5, 0.6) is 17.2 Å². The molecule has 0 saturated heterocycles. The molecular weight excluding hydrogens is 266 g/mol. The molecule has 0 spiro atoms. The Morgan fingerprint density at radius 1 is 1.00 bits per heavy atom. The number of rotatable bonds is 7. The highest BCUT2D eigenvalue weighted by atomic mass is 16.5. The first-order valence-electron chi connectivity index (χ1n) is 6.91. The molecule has 2 aromatic rings. The van der Waals surface area contributed by atoms with Crippen molar-refractivity contribution in [2.75, 3.05) is 27.3 Å². The number of hydrogen-bond acceptors (Lipinski definition) is 4. The van der Waals surface area contributed by atoms with Crippen LogP contribution in [0.3, 0.4) is 0 Å². The Bertz CT molecular complexity index is 554. The molecule has 2 aromatic carbocycles. The molecule has 0 aliphatic heterocycles. The molecule has 0 radical (unpaired) electrons. The molecule has 1 N–H and O–H groups in total. The van der Waals surface area contributed by atoms with Gasteiger partial charge in [0.05, 0.1) is 13.7 Å². The smallest absolute Gasteiger partial charge is 0.127 e. The lowest BCUT2D eigenvalue weighted by Crippen LogP contribution is -2.21. The van der Waals surface area contributed by atoms with E-state index in [0.29, 0.717) is 6.54 Å². The van der Waals surface area contributed by atoms with E-state index in [1.54, 1.807) is 7.11 Å². The van der Waals surface area contributed by atoms with Gasteiger partial charge in [0.25, 0.3) is 0 Å². The van der Waals surface area contributed by atoms with Gasteiger partial charge in [-0.2, -0.15) is 0 Å². The normalized spacial score (nSPS) is 10.7. The SMILES string of the molecule is COc1ccc(Oc2cccc(CN(C)CCO)c2)cc1. The van der Waals surface area contributed by atoms with Gasteiger partial charge in [-0.15, -0.1) is 0 Å². The van der Waals surface area contributed by atoms with Gasteiger partial charge in [0, 0.05) is 13.1 Å². The lowest BCUT2D eigenvalue weighted by atomic mass is 10.2. The zero-order valence-corrected chi connectivity index (χ0v) is 12.5. The van der Waals surface area contributed by atoms with Gasteiger partial charge in [-0.25, -0.2) is 0 Å². The summed E-state index contributed by atoms with van der Waals surface area (Å²) >= 11 is 0. The van der Waals surface area contributed by atoms with E-state index in [0.717, 1.165) is 29.4 Å². The summed E-state index contributed by atoms with van der Waals surface area (Å²) < 4.78 is 11.0. The van der Waals surface area contributed by atoms with Crippen LogP contribution in [0.25, 0.3) is 0 Å². The first-order chi connectivity index (χ1) is 10.2. The Balaban J connectivity index is 2.02. The molecule has 0 aromatic heterocycles. The molecule has 2 rings (SSSR count). The fourth-order valence-electron chi connectivity index (χ4n) is 2.05. The van der Waals surface area contributed by atoms with Gasteiger partial charge in [0.15, 0.2) is 0 Å². The zero-order chi connectivity index (χ0) is 15.1. The molecular formula is C17H21NO3. The number of hydrogen-bond donors (Lipinski definition) is 1. The standard InChI is InChI=1S/C17H21NO3/c1-18(10-11-19)13-14-4-3-5-17(12-14)21-16-8-6-15(20-2)7-9-16/h3-9,12,19H,10-11,13H2,1-2H3. The highest BCUT2D eigenvalue weighted by Gasteiger charge is 2.03. The lowest BCUT2D eigenvalue weighted by Gasteiger charge is -2.15. The molecule has 21 heavy (non-hydrogen) atoms. The van der Waals surface area contributed by atoms with Crippen molar-refractivity contribution in [1.29, 1.82) is 0 Å². The summed E-state index contributed by atoms with van der Waals surface area (Å²) in [5.74, 6) is 2.38. The number of aliphatic hydroxyl groups excluding tert-OH is 1. The topological polar surface area (TPSA) is 41.9 Å². The Morgan fingerprint density at radius 2 is 1.71 bits per heavy atom. The highest BCUT2D eigenvalue weighted by Crippen LogP contribution is 2.24. The molecule has 112 valence electrons. The van der Waals surface area contributed by atoms with Gasteiger partial charge >= 0.3 is 0 Å². The second kappa shape index (κ2) is 7.67. The molecule has 0 aliphatic carbocycles. The molecule has 0 bridgehead atoms. The number of aliphatic hydroxyl groups is 1. The van der Waals surface area contributed by atoms with Gasteiger partial charge in [0.2, 0.25) is 0 Å². The number of benzene rings is 2. The van der Waals surface area contributed by atoms with Crippen molar-refractivity contribution >= 4 is 0 Å². The van der Waals surface area contributed by atoms with Gasteiger partial charge in [-0.1, -0.05) is 12.1 Å². The number of methoxy groups -OCH3 is 1. The second-order valence-electron chi connectivity index (χ2n) is 4.89. The molecule has 0 saturated carbocycles. The summed E-state index contributed by atoms with van der Waals surface area (Å²) in [5.41, 5.74) is 1.15. The first-order valence-corrected chi connectivity index (χ1v) is 6.91. The lowest BCUT2D eigenvalue weighted by molar-refractivity contribution is 0.217. The molecule has 0 unspecified atom stereocenters. The largest absolute Gasteiger partial charge is 0.497 e. The van der Waals surface area contributed by atoms with Gasteiger partial charge in [-0.3, -0.25) is 4.90 Å². The number of ether oxygens (including phenoxy) is 2. The minimum atomic E-state index is 0.165. The van der Waals surface area contributed by atoms with Crippen molar-refractivity contribution in [2.45, 2.75) is 6.54 Å². The van der Waals surface area contributed by atoms with E-state index in [4.69, 9.17) is 14.6 Å². The Hall–Kier alpha value is -2.04. The summed E-state index contributed by atoms with van der Waals surface area (Å²) in [4.78, 5) is 2.06. The van der Waals surface area contributed by atoms with E-state index in [1.807, 2.05) is 49.5 Å². The number of likely N-dealkylation sites (N-methyl/N-ethyl adjacent to an activating group) is 1. The van der Waals surface area contributed by atoms with E-state index in [2.05, 4.69) is 11.0 Å². The average molecular weight is 287 g/mol. The maximum atomic E-state index is 8.93. The van der Waals surface area contributed by atoms with Gasteiger partial charge in [-0.05, 0) is 49.0 Å². The fraction of sp³-hybridized carbons (Fsp3) is 0.294. The third-order valence-corrected chi connectivity index (χ3v) is 3.13. The molecule has 0 heterocycles. The predicted octanol–water partition coefficient (Wildman–Crippen LogP) is 2.91. The summed E-state index contributed by atoms with van der Waals surface area (Å²) in [7, 11) is 3.62. The minimum Gasteiger partial charge on any atom is -0.497 e. The van der Waals surface area contributed by atoms with E-state index in [1.165, 1.54) is 0 Å². The minimum absolute atomic E-state index is 0.165. The molecule has 4 nitrogen and oxygen atoms in total. The average Bonchev–Trinajstić information content (AvgIpc) is 2.48. The second-order valence-corrected chi connectivity index (χ2v) is 4.89. The van der Waals surface area contributed by atoms with E-state index < -0.39 is 0 Å². The fourth-order valence-corrected chi connectivity index (χ4v) is 2.05. The van der Waals surface area contributed by atoms with Crippen molar-refractivity contribution in [3.05, 3.63) is 54.1 Å². The van der Waals surface area contributed by atoms with Crippen LogP contribution in [0.4, 0.5) is 0 Å². The molecule has 0 aliphatic rings. The maximum absolute atomic E-state index is 8.93. The van der Waals surface area contributed by atoms with Crippen LogP contribution in [0, 0.1) is 0 Å². The van der Waals surface area contributed by atoms with Crippen LogP contribution in [-0.4, -0.2) is 37.3 Å². The van der Waals surface area contributed by atoms with Crippen LogP contribution >= 0.6 is 0 Å². The molecule has 0 atom stereocenters. The van der Waals surface area contributed by atoms with Crippen LogP contribution in [0.2, 0.25) is 0 Å². The van der Waals surface area contributed by atoms with Gasteiger partial charge in [0.1, 0.15) is 17.2 Å². The van der Waals surface area contributed by atoms with Crippen molar-refractivity contribution in [1.82, 2.24) is 4.90 Å². The summed E-state index contributed by atoms with van der Waals surface area (Å²) in [6.45, 7) is 1.60. The molecule has 0 amide bonds. The highest BCUT2D eigenvalue weighted by molar-refractivity contribution is 5.36. The summed E-state index contributed by atoms with van der Waals surface area (Å²) in [6, 6.07) is 15.5. The van der Waals surface area contributed by atoms with Crippen LogP contribution in [0.1, 0.15) is 5.56 Å². The molecule has 0 fully saturated rings. The third-order valence-electron chi connectivity index (χ3n) is 3.13. The Labute approximate surface area is 125 Å². The number of nitrogens with zero attached hydrogens (tertiary/aromatic N) is 1. The van der Waals surface area contributed by atoms with E-state index in [-0.39, 0.29) is 6.61 Å². The Morgan fingerprint density at radius 3 is 2.38 bits per heavy atom. The quantitative estimate of drug-likeness (QED) is 0.850. The van der Waals surface area contributed by atoms with Crippen molar-refractivity contribution in [2.24, 2.45) is 0 Å². The van der Waals surface area contributed by atoms with Gasteiger partial charge < -0.3 is 14.6 Å². The van der Waals surface area contributed by atoms with Crippen molar-refractivity contribution < 1.29 is 14.6 Å². The monoisotopic (exact) mass is 287 g/mol. The Kier molecular flexibility index (Phi) is 5.60. The van der Waals surface area contributed by atoms with Crippen molar-refractivity contribution in [3.63, 3.8) is 0 Å². The van der Waals surface area contributed by atoms with E-state index >= 15 is 0 Å². The first kappa shape index (κ1) is 15.4. The van der Waals surface area contributed by atoms with Crippen molar-refractivity contribution in [3.8, 4) is 17.2 Å². The maximum Gasteiger partial charge on any atom is 0.127 e. The summed E-state index contributed by atoms with van der Waals surface area (Å²) in [6.07, 6.45) is 0. The zero-order valence-electron chi connectivity index (χ0n) is 12.5. The van der Waals surface area contributed by atoms with Crippen LogP contribution in [0.15, 0.2) is 48.5 Å².